The van der Waals surface area contributed by atoms with Crippen molar-refractivity contribution in [2.75, 3.05) is 43.0 Å². The number of halogens is 1. The minimum absolute atomic E-state index is 0.00254. The third-order valence-corrected chi connectivity index (χ3v) is 6.46. The smallest absolute Gasteiger partial charge is 0.442 e. The van der Waals surface area contributed by atoms with Gasteiger partial charge in [-0.15, -0.1) is 0 Å². The summed E-state index contributed by atoms with van der Waals surface area (Å²) in [6.07, 6.45) is -0.0440. The Labute approximate surface area is 184 Å². The van der Waals surface area contributed by atoms with Crippen molar-refractivity contribution in [2.45, 2.75) is 20.0 Å². The second kappa shape index (κ2) is 9.17. The lowest BCUT2D eigenvalue weighted by Crippen LogP contribution is -2.36. The molecule has 2 aliphatic rings. The third kappa shape index (κ3) is 5.20. The van der Waals surface area contributed by atoms with Crippen LogP contribution in [0.5, 0.6) is 0 Å². The summed E-state index contributed by atoms with van der Waals surface area (Å²) < 4.78 is 37.8. The Morgan fingerprint density at radius 3 is 2.72 bits per heavy atom. The number of likely N-dealkylation sites (N-methyl/N-ethyl adjacent to an activating group) is 1. The fourth-order valence-corrected chi connectivity index (χ4v) is 4.56. The van der Waals surface area contributed by atoms with Gasteiger partial charge in [0.2, 0.25) is 0 Å². The summed E-state index contributed by atoms with van der Waals surface area (Å²) in [5.41, 5.74) is 0.750. The minimum Gasteiger partial charge on any atom is -0.442 e. The maximum absolute atomic E-state index is 14.8. The molecule has 0 saturated carbocycles. The molecule has 3 rings (SSSR count). The first-order valence-corrected chi connectivity index (χ1v) is 11.3. The van der Waals surface area contributed by atoms with Crippen LogP contribution in [0.1, 0.15) is 13.8 Å². The fourth-order valence-electron chi connectivity index (χ4n) is 3.31. The van der Waals surface area contributed by atoms with Crippen LogP contribution in [0, 0.1) is 5.82 Å². The first-order valence-electron chi connectivity index (χ1n) is 9.74. The number of ether oxygens (including phenoxy) is 1. The molecule has 11 nitrogen and oxygen atoms in total. The normalized spacial score (nSPS) is 20.1. The van der Waals surface area contributed by atoms with Crippen LogP contribution in [0.4, 0.5) is 20.6 Å². The number of hydrogen-bond donors (Lipinski definition) is 1. The van der Waals surface area contributed by atoms with Gasteiger partial charge >= 0.3 is 19.8 Å². The van der Waals surface area contributed by atoms with E-state index >= 15 is 0 Å². The van der Waals surface area contributed by atoms with Gasteiger partial charge in [0.1, 0.15) is 18.3 Å². The molecule has 1 N–H and O–H groups in total. The molecule has 0 aliphatic carbocycles. The van der Waals surface area contributed by atoms with Gasteiger partial charge in [0.25, 0.3) is 0 Å². The molecule has 1 fully saturated rings. The van der Waals surface area contributed by atoms with Gasteiger partial charge in [-0.3, -0.25) is 24.3 Å². The van der Waals surface area contributed by atoms with Crippen molar-refractivity contribution in [1.29, 1.82) is 0 Å². The van der Waals surface area contributed by atoms with E-state index in [-0.39, 0.29) is 24.5 Å². The quantitative estimate of drug-likeness (QED) is 0.601. The number of rotatable bonds is 7. The van der Waals surface area contributed by atoms with Crippen LogP contribution in [-0.4, -0.2) is 72.3 Å². The molecule has 1 unspecified atom stereocenters. The number of anilines is 2. The molecule has 1 aromatic carbocycles. The highest BCUT2D eigenvalue weighted by Crippen LogP contribution is 2.49. The molecule has 13 heteroatoms. The topological polar surface area (TPSA) is 115 Å². The Kier molecular flexibility index (Phi) is 6.75. The maximum Gasteiger partial charge on any atom is 0.488 e. The van der Waals surface area contributed by atoms with Gasteiger partial charge in [0.05, 0.1) is 31.0 Å². The number of hydrazone groups is 1. The summed E-state index contributed by atoms with van der Waals surface area (Å²) in [6, 6.07) is 4.35. The lowest BCUT2D eigenvalue weighted by atomic mass is 10.2. The Morgan fingerprint density at radius 2 is 2.16 bits per heavy atom. The molecule has 174 valence electrons. The molecular weight excluding hydrogens is 444 g/mol. The molecule has 0 spiro atoms. The van der Waals surface area contributed by atoms with Crippen molar-refractivity contribution in [3.05, 3.63) is 36.3 Å². The number of carbonyl (C=O) groups is 2. The van der Waals surface area contributed by atoms with Crippen molar-refractivity contribution in [1.82, 2.24) is 9.68 Å². The van der Waals surface area contributed by atoms with Crippen LogP contribution in [0.3, 0.4) is 0 Å². The second-order valence-electron chi connectivity index (χ2n) is 7.45. The minimum atomic E-state index is -4.52. The maximum atomic E-state index is 14.8. The predicted octanol–water partition coefficient (Wildman–Crippen LogP) is 2.35. The Morgan fingerprint density at radius 1 is 1.44 bits per heavy atom. The largest absolute Gasteiger partial charge is 0.488 e. The summed E-state index contributed by atoms with van der Waals surface area (Å²) in [7, 11) is -2.70. The Balaban J connectivity index is 1.73. The average Bonchev–Trinajstić information content (AvgIpc) is 3.06. The summed E-state index contributed by atoms with van der Waals surface area (Å²) in [4.78, 5) is 36.5. The highest BCUT2D eigenvalue weighted by Gasteiger charge is 2.39. The van der Waals surface area contributed by atoms with Gasteiger partial charge in [0, 0.05) is 26.2 Å². The number of amides is 1. The summed E-state index contributed by atoms with van der Waals surface area (Å²) in [5.74, 6) is -1.47. The van der Waals surface area contributed by atoms with Crippen molar-refractivity contribution in [3.8, 4) is 0 Å². The van der Waals surface area contributed by atoms with Crippen LogP contribution in [0.15, 0.2) is 35.6 Å². The van der Waals surface area contributed by atoms with Crippen molar-refractivity contribution in [3.63, 3.8) is 0 Å². The Bertz CT molecular complexity index is 1000. The van der Waals surface area contributed by atoms with Crippen molar-refractivity contribution in [2.24, 2.45) is 5.10 Å². The third-order valence-electron chi connectivity index (χ3n) is 4.85. The first-order chi connectivity index (χ1) is 15.0. The zero-order valence-electron chi connectivity index (χ0n) is 18.0. The van der Waals surface area contributed by atoms with Gasteiger partial charge in [-0.2, -0.15) is 5.10 Å². The summed E-state index contributed by atoms with van der Waals surface area (Å²) in [6.45, 7) is 7.03. The number of cyclic esters (lactones) is 1. The molecule has 1 amide bonds. The van der Waals surface area contributed by atoms with Crippen LogP contribution >= 0.6 is 7.75 Å². The van der Waals surface area contributed by atoms with Crippen LogP contribution in [0.25, 0.3) is 0 Å². The molecule has 1 aromatic rings. The first kappa shape index (κ1) is 23.6. The van der Waals surface area contributed by atoms with E-state index in [0.717, 1.165) is 11.6 Å². The molecule has 1 saturated heterocycles. The number of allylic oxidation sites excluding steroid dienone is 1. The van der Waals surface area contributed by atoms with Gasteiger partial charge < -0.3 is 14.2 Å². The lowest BCUT2D eigenvalue weighted by Gasteiger charge is -2.29. The van der Waals surface area contributed by atoms with E-state index in [9.17, 15) is 23.4 Å². The van der Waals surface area contributed by atoms with Gasteiger partial charge in [0.15, 0.2) is 0 Å². The van der Waals surface area contributed by atoms with E-state index in [4.69, 9.17) is 4.74 Å². The molecule has 32 heavy (non-hydrogen) atoms. The zero-order chi connectivity index (χ0) is 23.6. The van der Waals surface area contributed by atoms with E-state index in [1.165, 1.54) is 24.2 Å². The predicted molar refractivity (Wildman–Crippen MR) is 116 cm³/mol. The van der Waals surface area contributed by atoms with Gasteiger partial charge in [-0.05, 0) is 25.1 Å². The number of carbonyl (C=O) groups excluding carboxylic acids is 2. The standard InChI is InChI=1S/C19H25FN5O6P/c1-13(2)25(32(28,29)31-14(3)26)11-16-10-24(19(27)30-16)15-5-6-18(17(20)9-15)23-8-7-22(4)21-12-23/h5-6,9,12,16H,1,7-8,10-11H2,2-4H3,(H,28,29)/t16-/m1/s1. The average molecular weight is 469 g/mol. The molecule has 2 heterocycles. The van der Waals surface area contributed by atoms with Crippen molar-refractivity contribution < 1.29 is 32.7 Å². The van der Waals surface area contributed by atoms with Crippen LogP contribution in [-0.2, 0) is 18.6 Å². The summed E-state index contributed by atoms with van der Waals surface area (Å²) >= 11 is 0. The second-order valence-corrected chi connectivity index (χ2v) is 9.10. The van der Waals surface area contributed by atoms with E-state index in [0.29, 0.717) is 18.8 Å². The van der Waals surface area contributed by atoms with Gasteiger partial charge in [-0.1, -0.05) is 6.58 Å². The molecule has 2 atom stereocenters. The fraction of sp³-hybridized carbons (Fsp3) is 0.421. The SMILES string of the molecule is C=C(C)N(C[C@H]1CN(c2ccc(N3C=NN(C)CC3)c(F)c2)C(=O)O1)P(=O)(O)OC(C)=O. The van der Waals surface area contributed by atoms with Crippen LogP contribution < -0.4 is 9.80 Å². The Hall–Kier alpha value is -3.11. The van der Waals surface area contributed by atoms with E-state index in [1.54, 1.807) is 22.0 Å². The summed E-state index contributed by atoms with van der Waals surface area (Å²) in [5, 5.41) is 5.87. The van der Waals surface area contributed by atoms with E-state index < -0.39 is 31.7 Å². The molecule has 0 bridgehead atoms. The molecule has 0 radical (unpaired) electrons. The molecule has 2 aliphatic heterocycles. The van der Waals surface area contributed by atoms with E-state index in [1.807, 2.05) is 7.05 Å². The molecule has 0 aromatic heterocycles. The highest BCUT2D eigenvalue weighted by molar-refractivity contribution is 7.50. The zero-order valence-corrected chi connectivity index (χ0v) is 18.9. The number of hydrogen-bond acceptors (Lipinski definition) is 8. The monoisotopic (exact) mass is 469 g/mol. The van der Waals surface area contributed by atoms with Gasteiger partial charge in [-0.25, -0.2) is 13.8 Å². The van der Waals surface area contributed by atoms with Crippen molar-refractivity contribution >= 4 is 37.5 Å². The van der Waals surface area contributed by atoms with E-state index in [2.05, 4.69) is 16.2 Å². The van der Waals surface area contributed by atoms with Crippen LogP contribution in [0.2, 0.25) is 0 Å². The lowest BCUT2D eigenvalue weighted by molar-refractivity contribution is -0.132. The molecular formula is C19H25FN5O6P. The number of benzene rings is 1. The number of nitrogens with zero attached hydrogens (tertiary/aromatic N) is 5. The highest BCUT2D eigenvalue weighted by atomic mass is 31.2.